The molecule has 2 saturated heterocycles. The van der Waals surface area contributed by atoms with Gasteiger partial charge in [-0.15, -0.1) is 0 Å². The van der Waals surface area contributed by atoms with Crippen LogP contribution >= 0.6 is 0 Å². The number of amides is 2. The highest BCUT2D eigenvalue weighted by atomic mass is 16.6. The summed E-state index contributed by atoms with van der Waals surface area (Å²) in [5.41, 5.74) is 1.46. The number of anilines is 1. The third-order valence-corrected chi connectivity index (χ3v) is 6.20. The standard InChI is InChI=1S/C25H34N4O3/c1-25(2,3)32-24(31)28-14-11-21(12-15-28)29-13-7-10-22(29)23(30)27-18-16-26(17-19-27)20-8-5-4-6-9-20/h4-10,13,21H,11-12,14-19H2,1-3H3. The minimum atomic E-state index is -0.488. The zero-order valence-corrected chi connectivity index (χ0v) is 19.4. The third-order valence-electron chi connectivity index (χ3n) is 6.20. The quantitative estimate of drug-likeness (QED) is 0.726. The number of carbonyl (C=O) groups is 2. The second-order valence-corrected chi connectivity index (χ2v) is 9.61. The predicted octanol–water partition coefficient (Wildman–Crippen LogP) is 4.02. The molecular formula is C25H34N4O3. The highest BCUT2D eigenvalue weighted by Gasteiger charge is 2.30. The van der Waals surface area contributed by atoms with Gasteiger partial charge in [0, 0.05) is 57.2 Å². The van der Waals surface area contributed by atoms with Crippen molar-refractivity contribution in [2.24, 2.45) is 0 Å². The van der Waals surface area contributed by atoms with E-state index in [2.05, 4.69) is 21.6 Å². The fourth-order valence-corrected chi connectivity index (χ4v) is 4.52. The van der Waals surface area contributed by atoms with Gasteiger partial charge < -0.3 is 24.0 Å². The molecule has 2 aliphatic rings. The number of piperazine rings is 1. The van der Waals surface area contributed by atoms with Gasteiger partial charge in [-0.25, -0.2) is 4.79 Å². The normalized spacial score (nSPS) is 18.0. The van der Waals surface area contributed by atoms with E-state index in [0.717, 1.165) is 44.7 Å². The highest BCUT2D eigenvalue weighted by Crippen LogP contribution is 2.27. The summed E-state index contributed by atoms with van der Waals surface area (Å²) in [6, 6.07) is 14.4. The number of para-hydroxylation sites is 1. The van der Waals surface area contributed by atoms with E-state index in [1.54, 1.807) is 4.90 Å². The molecule has 32 heavy (non-hydrogen) atoms. The van der Waals surface area contributed by atoms with Crippen LogP contribution in [0.2, 0.25) is 0 Å². The van der Waals surface area contributed by atoms with E-state index in [-0.39, 0.29) is 18.0 Å². The van der Waals surface area contributed by atoms with E-state index in [9.17, 15) is 9.59 Å². The molecule has 2 aromatic rings. The SMILES string of the molecule is CC(C)(C)OC(=O)N1CCC(n2cccc2C(=O)N2CCN(c3ccccc3)CC2)CC1. The van der Waals surface area contributed by atoms with Crippen molar-refractivity contribution in [3.05, 3.63) is 54.4 Å². The minimum Gasteiger partial charge on any atom is -0.444 e. The molecule has 0 atom stereocenters. The van der Waals surface area contributed by atoms with Crippen LogP contribution < -0.4 is 4.90 Å². The lowest BCUT2D eigenvalue weighted by Crippen LogP contribution is -2.49. The first kappa shape index (κ1) is 22.2. The van der Waals surface area contributed by atoms with Crippen molar-refractivity contribution < 1.29 is 14.3 Å². The van der Waals surface area contributed by atoms with Crippen LogP contribution in [0.25, 0.3) is 0 Å². The van der Waals surface area contributed by atoms with E-state index in [0.29, 0.717) is 13.1 Å². The summed E-state index contributed by atoms with van der Waals surface area (Å²) in [5, 5.41) is 0. The molecule has 1 aromatic carbocycles. The molecule has 172 valence electrons. The molecule has 0 saturated carbocycles. The van der Waals surface area contributed by atoms with Gasteiger partial charge in [0.2, 0.25) is 0 Å². The Hall–Kier alpha value is -2.96. The Morgan fingerprint density at radius 2 is 1.50 bits per heavy atom. The Bertz CT molecular complexity index is 918. The largest absolute Gasteiger partial charge is 0.444 e. The Kier molecular flexibility index (Phi) is 6.44. The van der Waals surface area contributed by atoms with Crippen molar-refractivity contribution >= 4 is 17.7 Å². The van der Waals surface area contributed by atoms with E-state index in [1.165, 1.54) is 5.69 Å². The molecular weight excluding hydrogens is 404 g/mol. The zero-order chi connectivity index (χ0) is 22.7. The van der Waals surface area contributed by atoms with Crippen molar-refractivity contribution in [1.29, 1.82) is 0 Å². The number of hydrogen-bond donors (Lipinski definition) is 0. The number of likely N-dealkylation sites (tertiary alicyclic amines) is 1. The molecule has 0 spiro atoms. The first-order valence-electron chi connectivity index (χ1n) is 11.6. The number of hydrogen-bond acceptors (Lipinski definition) is 4. The van der Waals surface area contributed by atoms with Crippen LogP contribution in [0.4, 0.5) is 10.5 Å². The van der Waals surface area contributed by atoms with Gasteiger partial charge in [-0.3, -0.25) is 4.79 Å². The highest BCUT2D eigenvalue weighted by molar-refractivity contribution is 5.93. The van der Waals surface area contributed by atoms with Crippen molar-refractivity contribution in [1.82, 2.24) is 14.4 Å². The summed E-state index contributed by atoms with van der Waals surface area (Å²) < 4.78 is 7.61. The minimum absolute atomic E-state index is 0.0947. The molecule has 3 heterocycles. The van der Waals surface area contributed by atoms with Gasteiger partial charge in [-0.2, -0.15) is 0 Å². The van der Waals surface area contributed by atoms with Crippen molar-refractivity contribution in [3.8, 4) is 0 Å². The number of carbonyl (C=O) groups excluding carboxylic acids is 2. The van der Waals surface area contributed by atoms with Gasteiger partial charge in [0.25, 0.3) is 5.91 Å². The molecule has 2 fully saturated rings. The maximum Gasteiger partial charge on any atom is 0.410 e. The van der Waals surface area contributed by atoms with E-state index in [1.807, 2.05) is 62.2 Å². The monoisotopic (exact) mass is 438 g/mol. The second-order valence-electron chi connectivity index (χ2n) is 9.61. The molecule has 2 amide bonds. The smallest absolute Gasteiger partial charge is 0.410 e. The van der Waals surface area contributed by atoms with Crippen molar-refractivity contribution in [2.75, 3.05) is 44.2 Å². The summed E-state index contributed by atoms with van der Waals surface area (Å²) >= 11 is 0. The van der Waals surface area contributed by atoms with Crippen LogP contribution in [0.3, 0.4) is 0 Å². The van der Waals surface area contributed by atoms with Gasteiger partial charge in [0.15, 0.2) is 0 Å². The molecule has 1 aromatic heterocycles. The Morgan fingerprint density at radius 1 is 0.844 bits per heavy atom. The zero-order valence-electron chi connectivity index (χ0n) is 19.4. The number of piperidine rings is 1. The van der Waals surface area contributed by atoms with E-state index >= 15 is 0 Å². The lowest BCUT2D eigenvalue weighted by Gasteiger charge is -2.37. The summed E-state index contributed by atoms with van der Waals surface area (Å²) in [7, 11) is 0. The number of ether oxygens (including phenoxy) is 1. The van der Waals surface area contributed by atoms with Gasteiger partial charge in [-0.1, -0.05) is 18.2 Å². The Balaban J connectivity index is 1.34. The number of nitrogens with zero attached hydrogens (tertiary/aromatic N) is 4. The second kappa shape index (κ2) is 9.27. The average Bonchev–Trinajstić information content (AvgIpc) is 3.28. The van der Waals surface area contributed by atoms with E-state index in [4.69, 9.17) is 4.74 Å². The van der Waals surface area contributed by atoms with Crippen LogP contribution in [-0.2, 0) is 4.74 Å². The maximum absolute atomic E-state index is 13.3. The maximum atomic E-state index is 13.3. The lowest BCUT2D eigenvalue weighted by atomic mass is 10.0. The summed E-state index contributed by atoms with van der Waals surface area (Å²) in [6.45, 7) is 10.0. The predicted molar refractivity (Wildman–Crippen MR) is 125 cm³/mol. The van der Waals surface area contributed by atoms with Crippen LogP contribution in [-0.4, -0.2) is 71.2 Å². The molecule has 0 aliphatic carbocycles. The fraction of sp³-hybridized carbons (Fsp3) is 0.520. The van der Waals surface area contributed by atoms with Gasteiger partial charge in [-0.05, 0) is 57.9 Å². The van der Waals surface area contributed by atoms with Crippen molar-refractivity contribution in [3.63, 3.8) is 0 Å². The first-order valence-corrected chi connectivity index (χ1v) is 11.6. The molecule has 2 aliphatic heterocycles. The van der Waals surface area contributed by atoms with Gasteiger partial charge in [0.1, 0.15) is 11.3 Å². The molecule has 0 radical (unpaired) electrons. The van der Waals surface area contributed by atoms with E-state index < -0.39 is 5.60 Å². The van der Waals surface area contributed by atoms with Crippen LogP contribution in [0.1, 0.15) is 50.1 Å². The summed E-state index contributed by atoms with van der Waals surface area (Å²) in [5.74, 6) is 0.0947. The molecule has 0 unspecified atom stereocenters. The third kappa shape index (κ3) is 5.09. The first-order chi connectivity index (χ1) is 15.3. The van der Waals surface area contributed by atoms with Crippen LogP contribution in [0.15, 0.2) is 48.7 Å². The van der Waals surface area contributed by atoms with Crippen LogP contribution in [0, 0.1) is 0 Å². The van der Waals surface area contributed by atoms with Crippen molar-refractivity contribution in [2.45, 2.75) is 45.3 Å². The van der Waals surface area contributed by atoms with Gasteiger partial charge in [0.05, 0.1) is 0 Å². The molecule has 0 N–H and O–H groups in total. The summed E-state index contributed by atoms with van der Waals surface area (Å²) in [6.07, 6.45) is 3.38. The molecule has 0 bridgehead atoms. The lowest BCUT2D eigenvalue weighted by molar-refractivity contribution is 0.0186. The molecule has 4 rings (SSSR count). The fourth-order valence-electron chi connectivity index (χ4n) is 4.52. The molecule has 7 nitrogen and oxygen atoms in total. The Morgan fingerprint density at radius 3 is 2.12 bits per heavy atom. The van der Waals surface area contributed by atoms with Gasteiger partial charge >= 0.3 is 6.09 Å². The number of benzene rings is 1. The Labute approximate surface area is 190 Å². The topological polar surface area (TPSA) is 58.0 Å². The number of rotatable bonds is 3. The average molecular weight is 439 g/mol. The van der Waals surface area contributed by atoms with Crippen LogP contribution in [0.5, 0.6) is 0 Å². The number of aromatic nitrogens is 1. The molecule has 7 heteroatoms. The summed E-state index contributed by atoms with van der Waals surface area (Å²) in [4.78, 5) is 31.7.